The van der Waals surface area contributed by atoms with Crippen LogP contribution in [0.2, 0.25) is 0 Å². The lowest BCUT2D eigenvalue weighted by Gasteiger charge is -2.31. The van der Waals surface area contributed by atoms with Crippen LogP contribution in [0.25, 0.3) is 0 Å². The SMILES string of the molecule is CCCc1cnc(N(CCC(C)S)C(CC)CC)nc1. The summed E-state index contributed by atoms with van der Waals surface area (Å²) in [6.45, 7) is 9.76. The lowest BCUT2D eigenvalue weighted by atomic mass is 10.1. The topological polar surface area (TPSA) is 29.0 Å². The Kier molecular flexibility index (Phi) is 7.97. The molecule has 0 aliphatic rings. The lowest BCUT2D eigenvalue weighted by Crippen LogP contribution is -2.37. The van der Waals surface area contributed by atoms with Crippen molar-refractivity contribution < 1.29 is 0 Å². The smallest absolute Gasteiger partial charge is 0.225 e. The molecule has 0 spiro atoms. The molecule has 0 fully saturated rings. The minimum Gasteiger partial charge on any atom is -0.338 e. The monoisotopic (exact) mass is 295 g/mol. The van der Waals surface area contributed by atoms with Crippen LogP contribution >= 0.6 is 12.6 Å². The summed E-state index contributed by atoms with van der Waals surface area (Å²) in [7, 11) is 0. The van der Waals surface area contributed by atoms with Gasteiger partial charge in [-0.3, -0.25) is 0 Å². The maximum Gasteiger partial charge on any atom is 0.225 e. The number of aryl methyl sites for hydroxylation is 1. The minimum absolute atomic E-state index is 0.409. The normalized spacial score (nSPS) is 12.7. The lowest BCUT2D eigenvalue weighted by molar-refractivity contribution is 0.536. The highest BCUT2D eigenvalue weighted by Gasteiger charge is 2.18. The average molecular weight is 295 g/mol. The van der Waals surface area contributed by atoms with Gasteiger partial charge in [-0.2, -0.15) is 12.6 Å². The molecule has 114 valence electrons. The highest BCUT2D eigenvalue weighted by atomic mass is 32.1. The van der Waals surface area contributed by atoms with Crippen LogP contribution in [-0.2, 0) is 6.42 Å². The van der Waals surface area contributed by atoms with Crippen LogP contribution in [0.4, 0.5) is 5.95 Å². The molecule has 1 atom stereocenters. The molecule has 1 rings (SSSR count). The Morgan fingerprint density at radius 3 is 2.20 bits per heavy atom. The van der Waals surface area contributed by atoms with Crippen molar-refractivity contribution in [1.29, 1.82) is 0 Å². The summed E-state index contributed by atoms with van der Waals surface area (Å²) in [6, 6.07) is 0.513. The number of thiol groups is 1. The first kappa shape index (κ1) is 17.3. The van der Waals surface area contributed by atoms with Crippen molar-refractivity contribution in [3.8, 4) is 0 Å². The molecule has 0 bridgehead atoms. The molecule has 0 saturated heterocycles. The van der Waals surface area contributed by atoms with E-state index in [9.17, 15) is 0 Å². The fourth-order valence-electron chi connectivity index (χ4n) is 2.42. The zero-order chi connectivity index (χ0) is 15.0. The molecule has 1 aromatic rings. The maximum absolute atomic E-state index is 4.58. The number of anilines is 1. The fraction of sp³-hybridized carbons (Fsp3) is 0.750. The molecule has 0 saturated carbocycles. The third-order valence-corrected chi connectivity index (χ3v) is 3.92. The van der Waals surface area contributed by atoms with E-state index >= 15 is 0 Å². The van der Waals surface area contributed by atoms with Crippen molar-refractivity contribution in [3.63, 3.8) is 0 Å². The van der Waals surface area contributed by atoms with E-state index in [1.54, 1.807) is 0 Å². The van der Waals surface area contributed by atoms with E-state index in [0.717, 1.165) is 44.6 Å². The first-order valence-corrected chi connectivity index (χ1v) is 8.39. The maximum atomic E-state index is 4.58. The van der Waals surface area contributed by atoms with E-state index in [1.807, 2.05) is 12.4 Å². The predicted molar refractivity (Wildman–Crippen MR) is 90.8 cm³/mol. The first-order chi connectivity index (χ1) is 9.62. The third-order valence-electron chi connectivity index (χ3n) is 3.66. The number of rotatable bonds is 9. The molecule has 0 aromatic carbocycles. The number of hydrogen-bond donors (Lipinski definition) is 1. The molecule has 20 heavy (non-hydrogen) atoms. The summed E-state index contributed by atoms with van der Waals surface area (Å²) >= 11 is 4.49. The van der Waals surface area contributed by atoms with Crippen molar-refractivity contribution in [1.82, 2.24) is 9.97 Å². The van der Waals surface area contributed by atoms with E-state index in [-0.39, 0.29) is 0 Å². The number of aromatic nitrogens is 2. The average Bonchev–Trinajstić information content (AvgIpc) is 2.44. The van der Waals surface area contributed by atoms with Crippen molar-refractivity contribution in [2.75, 3.05) is 11.4 Å². The summed E-state index contributed by atoms with van der Waals surface area (Å²) in [4.78, 5) is 11.5. The Morgan fingerprint density at radius 1 is 1.15 bits per heavy atom. The quantitative estimate of drug-likeness (QED) is 0.694. The summed E-state index contributed by atoms with van der Waals surface area (Å²) < 4.78 is 0. The number of hydrogen-bond acceptors (Lipinski definition) is 4. The van der Waals surface area contributed by atoms with Crippen molar-refractivity contribution >= 4 is 18.6 Å². The van der Waals surface area contributed by atoms with Gasteiger partial charge < -0.3 is 4.90 Å². The van der Waals surface area contributed by atoms with Gasteiger partial charge in [0.05, 0.1) is 0 Å². The standard InChI is InChI=1S/C16H29N3S/c1-5-8-14-11-17-16(18-12-14)19(10-9-13(4)20)15(6-2)7-3/h11-13,15,20H,5-10H2,1-4H3. The van der Waals surface area contributed by atoms with E-state index < -0.39 is 0 Å². The van der Waals surface area contributed by atoms with E-state index in [0.29, 0.717) is 11.3 Å². The van der Waals surface area contributed by atoms with Gasteiger partial charge in [-0.15, -0.1) is 0 Å². The molecule has 0 amide bonds. The molecular weight excluding hydrogens is 266 g/mol. The second kappa shape index (κ2) is 9.22. The molecule has 4 heteroatoms. The van der Waals surface area contributed by atoms with Crippen LogP contribution in [0.3, 0.4) is 0 Å². The molecule has 1 unspecified atom stereocenters. The van der Waals surface area contributed by atoms with Gasteiger partial charge in [-0.25, -0.2) is 9.97 Å². The van der Waals surface area contributed by atoms with Crippen LogP contribution in [-0.4, -0.2) is 27.8 Å². The van der Waals surface area contributed by atoms with Crippen LogP contribution in [0.5, 0.6) is 0 Å². The van der Waals surface area contributed by atoms with Crippen molar-refractivity contribution in [2.45, 2.75) is 71.1 Å². The van der Waals surface area contributed by atoms with Crippen LogP contribution < -0.4 is 4.90 Å². The largest absolute Gasteiger partial charge is 0.338 e. The number of nitrogens with zero attached hydrogens (tertiary/aromatic N) is 3. The zero-order valence-electron chi connectivity index (χ0n) is 13.3. The van der Waals surface area contributed by atoms with Gasteiger partial charge in [0.15, 0.2) is 0 Å². The van der Waals surface area contributed by atoms with Crippen LogP contribution in [0.15, 0.2) is 12.4 Å². The Hall–Kier alpha value is -0.770. The van der Waals surface area contributed by atoms with Gasteiger partial charge in [0.25, 0.3) is 0 Å². The zero-order valence-corrected chi connectivity index (χ0v) is 14.2. The summed E-state index contributed by atoms with van der Waals surface area (Å²) in [6.07, 6.45) is 9.44. The molecule has 1 aromatic heterocycles. The van der Waals surface area contributed by atoms with Crippen molar-refractivity contribution in [2.24, 2.45) is 0 Å². The van der Waals surface area contributed by atoms with Crippen LogP contribution in [0, 0.1) is 0 Å². The van der Waals surface area contributed by atoms with Gasteiger partial charge in [-0.05, 0) is 31.2 Å². The first-order valence-electron chi connectivity index (χ1n) is 7.87. The molecule has 0 N–H and O–H groups in total. The summed E-state index contributed by atoms with van der Waals surface area (Å²) in [5.74, 6) is 0.868. The Morgan fingerprint density at radius 2 is 1.75 bits per heavy atom. The van der Waals surface area contributed by atoms with Crippen LogP contribution in [0.1, 0.15) is 58.9 Å². The van der Waals surface area contributed by atoms with Gasteiger partial charge in [0, 0.05) is 30.2 Å². The van der Waals surface area contributed by atoms with Crippen molar-refractivity contribution in [3.05, 3.63) is 18.0 Å². The minimum atomic E-state index is 0.409. The molecule has 0 aliphatic carbocycles. The van der Waals surface area contributed by atoms with Gasteiger partial charge in [0.2, 0.25) is 5.95 Å². The van der Waals surface area contributed by atoms with E-state index in [2.05, 4.69) is 55.2 Å². The van der Waals surface area contributed by atoms with Gasteiger partial charge in [-0.1, -0.05) is 34.1 Å². The molecular formula is C16H29N3S. The summed E-state index contributed by atoms with van der Waals surface area (Å²) in [5.41, 5.74) is 1.23. The Labute approximate surface area is 129 Å². The molecule has 0 aliphatic heterocycles. The predicted octanol–water partition coefficient (Wildman–Crippen LogP) is 4.13. The molecule has 3 nitrogen and oxygen atoms in total. The van der Waals surface area contributed by atoms with Gasteiger partial charge in [0.1, 0.15) is 0 Å². The summed E-state index contributed by atoms with van der Waals surface area (Å²) in [5, 5.41) is 0.409. The fourth-order valence-corrected chi connectivity index (χ4v) is 2.53. The van der Waals surface area contributed by atoms with E-state index in [4.69, 9.17) is 0 Å². The molecule has 1 heterocycles. The van der Waals surface area contributed by atoms with Gasteiger partial charge >= 0.3 is 0 Å². The third kappa shape index (κ3) is 5.31. The highest BCUT2D eigenvalue weighted by Crippen LogP contribution is 2.18. The van der Waals surface area contributed by atoms with E-state index in [1.165, 1.54) is 5.56 Å². The highest BCUT2D eigenvalue weighted by molar-refractivity contribution is 7.80. The second-order valence-corrected chi connectivity index (χ2v) is 6.32. The molecule has 0 radical (unpaired) electrons. The Balaban J connectivity index is 2.84. The Bertz CT molecular complexity index is 360. The second-order valence-electron chi connectivity index (χ2n) is 5.44.